The van der Waals surface area contributed by atoms with Crippen molar-refractivity contribution in [1.82, 2.24) is 9.88 Å². The number of hydrogen-bond acceptors (Lipinski definition) is 5. The first-order chi connectivity index (χ1) is 14.0. The molecule has 2 N–H and O–H groups in total. The van der Waals surface area contributed by atoms with Crippen LogP contribution in [0.3, 0.4) is 0 Å². The standard InChI is InChI=1S/C23H26N4O2/c1-27(2)14-22(28)24-17-9-11-18-16(13-17)8-12-21(25-18)26-19-10-7-15-5-4-6-20(29-3)23(15)19/h4-6,8-9,11-13,19H,7,10,14H2,1-3H3,(H,24,28)(H,25,26). The molecule has 0 fully saturated rings. The Morgan fingerprint density at radius 3 is 2.86 bits per heavy atom. The van der Waals surface area contributed by atoms with Crippen LogP contribution >= 0.6 is 0 Å². The molecule has 1 heterocycles. The minimum Gasteiger partial charge on any atom is -0.496 e. The van der Waals surface area contributed by atoms with E-state index in [1.54, 1.807) is 7.11 Å². The van der Waals surface area contributed by atoms with Crippen molar-refractivity contribution in [2.45, 2.75) is 18.9 Å². The van der Waals surface area contributed by atoms with Crippen molar-refractivity contribution >= 4 is 28.3 Å². The minimum absolute atomic E-state index is 0.0329. The van der Waals surface area contributed by atoms with Gasteiger partial charge in [-0.25, -0.2) is 4.98 Å². The van der Waals surface area contributed by atoms with E-state index in [1.165, 1.54) is 11.1 Å². The molecule has 6 heteroatoms. The largest absolute Gasteiger partial charge is 0.496 e. The molecule has 0 saturated carbocycles. The smallest absolute Gasteiger partial charge is 0.238 e. The second kappa shape index (κ2) is 8.09. The fourth-order valence-corrected chi connectivity index (χ4v) is 3.92. The summed E-state index contributed by atoms with van der Waals surface area (Å²) in [5.74, 6) is 1.73. The maximum absolute atomic E-state index is 12.0. The van der Waals surface area contributed by atoms with Crippen molar-refractivity contribution in [2.75, 3.05) is 38.4 Å². The number of aryl methyl sites for hydroxylation is 1. The van der Waals surface area contributed by atoms with Gasteiger partial charge in [-0.3, -0.25) is 4.79 Å². The molecule has 1 atom stereocenters. The topological polar surface area (TPSA) is 66.5 Å². The molecule has 1 aromatic heterocycles. The van der Waals surface area contributed by atoms with Gasteiger partial charge in [0.15, 0.2) is 0 Å². The number of anilines is 2. The van der Waals surface area contributed by atoms with Gasteiger partial charge in [-0.15, -0.1) is 0 Å². The van der Waals surface area contributed by atoms with Crippen molar-refractivity contribution in [3.8, 4) is 5.75 Å². The van der Waals surface area contributed by atoms with Crippen LogP contribution in [-0.4, -0.2) is 43.5 Å². The molecule has 3 aromatic rings. The average Bonchev–Trinajstić information content (AvgIpc) is 3.10. The molecule has 6 nitrogen and oxygen atoms in total. The number of rotatable bonds is 6. The SMILES string of the molecule is COc1cccc2c1C(Nc1ccc3cc(NC(=O)CN(C)C)ccc3n1)CC2. The summed E-state index contributed by atoms with van der Waals surface area (Å²) < 4.78 is 5.57. The highest BCUT2D eigenvalue weighted by Crippen LogP contribution is 2.39. The number of nitrogens with one attached hydrogen (secondary N) is 2. The van der Waals surface area contributed by atoms with E-state index in [2.05, 4.69) is 16.7 Å². The third-order valence-electron chi connectivity index (χ3n) is 5.18. The van der Waals surface area contributed by atoms with E-state index in [9.17, 15) is 4.79 Å². The van der Waals surface area contributed by atoms with Crippen LogP contribution in [0.1, 0.15) is 23.6 Å². The number of pyridine rings is 1. The number of amides is 1. The van der Waals surface area contributed by atoms with Crippen LogP contribution in [0, 0.1) is 0 Å². The molecule has 2 aromatic carbocycles. The van der Waals surface area contributed by atoms with Gasteiger partial charge >= 0.3 is 0 Å². The fourth-order valence-electron chi connectivity index (χ4n) is 3.92. The van der Waals surface area contributed by atoms with Crippen molar-refractivity contribution in [3.63, 3.8) is 0 Å². The number of methoxy groups -OCH3 is 1. The highest BCUT2D eigenvalue weighted by atomic mass is 16.5. The zero-order valence-electron chi connectivity index (χ0n) is 17.0. The number of carbonyl (C=O) groups is 1. The average molecular weight is 390 g/mol. The number of ether oxygens (including phenoxy) is 1. The van der Waals surface area contributed by atoms with E-state index >= 15 is 0 Å². The summed E-state index contributed by atoms with van der Waals surface area (Å²) in [6.07, 6.45) is 2.06. The predicted molar refractivity (Wildman–Crippen MR) is 117 cm³/mol. The third-order valence-corrected chi connectivity index (χ3v) is 5.18. The molecule has 0 bridgehead atoms. The Balaban J connectivity index is 1.52. The molecule has 1 aliphatic carbocycles. The lowest BCUT2D eigenvalue weighted by Gasteiger charge is -2.18. The highest BCUT2D eigenvalue weighted by Gasteiger charge is 2.26. The van der Waals surface area contributed by atoms with Crippen LogP contribution in [-0.2, 0) is 11.2 Å². The Bertz CT molecular complexity index is 1050. The van der Waals surface area contributed by atoms with Gasteiger partial charge in [0.2, 0.25) is 5.91 Å². The van der Waals surface area contributed by atoms with Crippen LogP contribution in [0.2, 0.25) is 0 Å². The molecule has 0 saturated heterocycles. The monoisotopic (exact) mass is 390 g/mol. The molecular weight excluding hydrogens is 364 g/mol. The summed E-state index contributed by atoms with van der Waals surface area (Å²) in [6.45, 7) is 0.353. The van der Waals surface area contributed by atoms with Gasteiger partial charge in [0.1, 0.15) is 11.6 Å². The molecule has 150 valence electrons. The van der Waals surface area contributed by atoms with Crippen LogP contribution in [0.4, 0.5) is 11.5 Å². The minimum atomic E-state index is -0.0329. The summed E-state index contributed by atoms with van der Waals surface area (Å²) in [6, 6.07) is 16.2. The van der Waals surface area contributed by atoms with Crippen molar-refractivity contribution in [3.05, 3.63) is 59.7 Å². The lowest BCUT2D eigenvalue weighted by Crippen LogP contribution is -2.27. The summed E-state index contributed by atoms with van der Waals surface area (Å²) in [7, 11) is 5.46. The Hall–Kier alpha value is -3.12. The van der Waals surface area contributed by atoms with Gasteiger partial charge in [0, 0.05) is 16.6 Å². The summed E-state index contributed by atoms with van der Waals surface area (Å²) in [5.41, 5.74) is 4.23. The molecule has 1 amide bonds. The Labute approximate surface area is 170 Å². The number of benzene rings is 2. The number of likely N-dealkylation sites (N-methyl/N-ethyl adjacent to an activating group) is 1. The summed E-state index contributed by atoms with van der Waals surface area (Å²) >= 11 is 0. The lowest BCUT2D eigenvalue weighted by atomic mass is 10.1. The first-order valence-electron chi connectivity index (χ1n) is 9.81. The van der Waals surface area contributed by atoms with E-state index in [1.807, 2.05) is 61.5 Å². The van der Waals surface area contributed by atoms with Crippen LogP contribution in [0.5, 0.6) is 5.75 Å². The predicted octanol–water partition coefficient (Wildman–Crippen LogP) is 3.84. The molecular formula is C23H26N4O2. The van der Waals surface area contributed by atoms with E-state index in [0.717, 1.165) is 41.0 Å². The van der Waals surface area contributed by atoms with Crippen molar-refractivity contribution in [1.29, 1.82) is 0 Å². The molecule has 29 heavy (non-hydrogen) atoms. The summed E-state index contributed by atoms with van der Waals surface area (Å²) in [4.78, 5) is 18.6. The normalized spacial score (nSPS) is 15.4. The first-order valence-corrected chi connectivity index (χ1v) is 9.81. The Morgan fingerprint density at radius 2 is 2.07 bits per heavy atom. The van der Waals surface area contributed by atoms with Crippen molar-refractivity contribution < 1.29 is 9.53 Å². The number of fused-ring (bicyclic) bond motifs is 2. The number of carbonyl (C=O) groups excluding carboxylic acids is 1. The molecule has 0 aliphatic heterocycles. The van der Waals surface area contributed by atoms with Crippen LogP contribution in [0.25, 0.3) is 10.9 Å². The molecule has 0 spiro atoms. The molecule has 0 radical (unpaired) electrons. The number of nitrogens with zero attached hydrogens (tertiary/aromatic N) is 2. The number of hydrogen-bond donors (Lipinski definition) is 2. The first kappa shape index (κ1) is 19.2. The van der Waals surface area contributed by atoms with Crippen LogP contribution in [0.15, 0.2) is 48.5 Å². The van der Waals surface area contributed by atoms with E-state index in [4.69, 9.17) is 9.72 Å². The zero-order chi connectivity index (χ0) is 20.4. The Morgan fingerprint density at radius 1 is 1.21 bits per heavy atom. The second-order valence-corrected chi connectivity index (χ2v) is 7.66. The summed E-state index contributed by atoms with van der Waals surface area (Å²) in [5, 5.41) is 7.48. The van der Waals surface area contributed by atoms with E-state index < -0.39 is 0 Å². The molecule has 4 rings (SSSR count). The van der Waals surface area contributed by atoms with Crippen LogP contribution < -0.4 is 15.4 Å². The quantitative estimate of drug-likeness (QED) is 0.669. The van der Waals surface area contributed by atoms with Gasteiger partial charge < -0.3 is 20.3 Å². The molecule has 1 aliphatic rings. The lowest BCUT2D eigenvalue weighted by molar-refractivity contribution is -0.116. The van der Waals surface area contributed by atoms with Gasteiger partial charge in [0.25, 0.3) is 0 Å². The maximum atomic E-state index is 12.0. The van der Waals surface area contributed by atoms with Gasteiger partial charge in [0.05, 0.1) is 25.2 Å². The van der Waals surface area contributed by atoms with Crippen molar-refractivity contribution in [2.24, 2.45) is 0 Å². The van der Waals surface area contributed by atoms with E-state index in [0.29, 0.717) is 6.54 Å². The third kappa shape index (κ3) is 4.17. The zero-order valence-corrected chi connectivity index (χ0v) is 17.0. The maximum Gasteiger partial charge on any atom is 0.238 e. The second-order valence-electron chi connectivity index (χ2n) is 7.66. The molecule has 1 unspecified atom stereocenters. The van der Waals surface area contributed by atoms with E-state index in [-0.39, 0.29) is 11.9 Å². The van der Waals surface area contributed by atoms with Gasteiger partial charge in [-0.05, 0) is 68.9 Å². The Kier molecular flexibility index (Phi) is 5.36. The highest BCUT2D eigenvalue weighted by molar-refractivity contribution is 5.95. The fraction of sp³-hybridized carbons (Fsp3) is 0.304. The van der Waals surface area contributed by atoms with Gasteiger partial charge in [-0.2, -0.15) is 0 Å². The number of aromatic nitrogens is 1. The van der Waals surface area contributed by atoms with Gasteiger partial charge in [-0.1, -0.05) is 12.1 Å².